The molecule has 0 radical (unpaired) electrons. The number of anilines is 3. The molecule has 11 nitrogen and oxygen atoms in total. The minimum absolute atomic E-state index is 0.0520. The van der Waals surface area contributed by atoms with Gasteiger partial charge in [-0.25, -0.2) is 28.1 Å². The number of fused-ring (bicyclic) bond motifs is 1. The molecule has 3 aliphatic heterocycles. The van der Waals surface area contributed by atoms with Crippen molar-refractivity contribution < 1.29 is 35.8 Å². The van der Waals surface area contributed by atoms with Gasteiger partial charge in [-0.15, -0.1) is 0 Å². The van der Waals surface area contributed by atoms with E-state index in [-0.39, 0.29) is 42.1 Å². The van der Waals surface area contributed by atoms with Crippen molar-refractivity contribution in [1.82, 2.24) is 29.8 Å². The normalized spacial score (nSPS) is 19.6. The summed E-state index contributed by atoms with van der Waals surface area (Å²) in [5, 5.41) is -0.701. The van der Waals surface area contributed by atoms with E-state index in [0.717, 1.165) is 26.1 Å². The number of pyridine rings is 3. The van der Waals surface area contributed by atoms with E-state index in [2.05, 4.69) is 29.8 Å². The monoisotopic (exact) mass is 711 g/mol. The predicted octanol–water partition coefficient (Wildman–Crippen LogP) is 6.07. The number of aromatic nitrogens is 5. The summed E-state index contributed by atoms with van der Waals surface area (Å²) in [5.74, 6) is -2.48. The first-order chi connectivity index (χ1) is 23.2. The summed E-state index contributed by atoms with van der Waals surface area (Å²) in [4.78, 5) is 23.9. The molecule has 4 aromatic rings. The molecule has 0 saturated carbocycles. The van der Waals surface area contributed by atoms with Crippen LogP contribution in [0.2, 0.25) is 5.02 Å². The smallest absolute Gasteiger partial charge is 0.418 e. The second kappa shape index (κ2) is 13.2. The first kappa shape index (κ1) is 34.5. The molecule has 7 heterocycles. The number of rotatable bonds is 4. The van der Waals surface area contributed by atoms with Crippen LogP contribution in [-0.4, -0.2) is 75.4 Å². The maximum Gasteiger partial charge on any atom is 0.418 e. The molecule has 2 saturated heterocycles. The zero-order valence-corrected chi connectivity index (χ0v) is 27.3. The lowest BCUT2D eigenvalue weighted by Crippen LogP contribution is -2.31. The fourth-order valence-electron chi connectivity index (χ4n) is 6.66. The van der Waals surface area contributed by atoms with Crippen LogP contribution in [0.5, 0.6) is 11.9 Å². The van der Waals surface area contributed by atoms with E-state index in [0.29, 0.717) is 18.2 Å². The molecule has 4 aromatic heterocycles. The van der Waals surface area contributed by atoms with E-state index in [4.69, 9.17) is 32.5 Å². The average molecular weight is 712 g/mol. The zero-order chi connectivity index (χ0) is 35.4. The third-order valence-corrected chi connectivity index (χ3v) is 9.28. The molecule has 0 bridgehead atoms. The van der Waals surface area contributed by atoms with Crippen LogP contribution in [0.3, 0.4) is 0 Å². The fraction of sp³-hybridized carbons (Fsp3) is 0.452. The summed E-state index contributed by atoms with van der Waals surface area (Å²) in [6.45, 7) is 4.65. The highest BCUT2D eigenvalue weighted by Gasteiger charge is 2.41. The lowest BCUT2D eigenvalue weighted by atomic mass is 10.0. The Morgan fingerprint density at radius 3 is 2.55 bits per heavy atom. The standard InChI is InChI=1S/C24H20ClF5N8O2.C7H12FN/c1-8-14(24(28,29)30)12(15(25)20(32)34-8)17-16(27)18-13-21(37-23(36-18)39-3)38(4-5-40-22(13)35-17)9(2)11-6-10(26)7-33-19(11)31;8-6-4-7-2-1-3-9(7)5-6/h6-7,9H,4-5H2,1-3H3,(H2,31,33)(H2,32,34);6-7H,1-5H2. The van der Waals surface area contributed by atoms with E-state index >= 15 is 4.39 Å². The van der Waals surface area contributed by atoms with Gasteiger partial charge < -0.3 is 25.8 Å². The van der Waals surface area contributed by atoms with Crippen molar-refractivity contribution in [1.29, 1.82) is 0 Å². The summed E-state index contributed by atoms with van der Waals surface area (Å²) in [6.07, 6.45) is -1.21. The molecule has 4 N–H and O–H groups in total. The van der Waals surface area contributed by atoms with Crippen molar-refractivity contribution in [3.05, 3.63) is 45.7 Å². The third kappa shape index (κ3) is 6.40. The maximum absolute atomic E-state index is 16.3. The SMILES string of the molecule is COc1nc2c3c(nc(-c4c(Cl)c(N)nc(C)c4C(F)(F)F)c(F)c3n1)OCCN2C(C)c1cc(F)cnc1N.FC1CC2CCCN2C1. The van der Waals surface area contributed by atoms with E-state index in [1.54, 1.807) is 11.8 Å². The Balaban J connectivity index is 0.000000396. The first-order valence-corrected chi connectivity index (χ1v) is 15.7. The first-order valence-electron chi connectivity index (χ1n) is 15.4. The second-order valence-corrected chi connectivity index (χ2v) is 12.3. The van der Waals surface area contributed by atoms with Crippen LogP contribution < -0.4 is 25.8 Å². The molecule has 2 fully saturated rings. The number of ether oxygens (including phenoxy) is 2. The molecule has 0 aliphatic carbocycles. The minimum atomic E-state index is -4.98. The van der Waals surface area contributed by atoms with Crippen molar-refractivity contribution >= 4 is 40.0 Å². The molecule has 49 heavy (non-hydrogen) atoms. The molecular weight excluding hydrogens is 680 g/mol. The molecule has 262 valence electrons. The number of hydrogen-bond acceptors (Lipinski definition) is 11. The Labute approximate surface area is 281 Å². The van der Waals surface area contributed by atoms with Crippen LogP contribution in [0.1, 0.15) is 49.0 Å². The van der Waals surface area contributed by atoms with Crippen LogP contribution in [0.4, 0.5) is 43.8 Å². The zero-order valence-electron chi connectivity index (χ0n) is 26.6. The molecule has 0 amide bonds. The lowest BCUT2D eigenvalue weighted by Gasteiger charge is -2.30. The molecule has 0 aromatic carbocycles. The van der Waals surface area contributed by atoms with Crippen molar-refractivity contribution in [2.24, 2.45) is 0 Å². The van der Waals surface area contributed by atoms with Gasteiger partial charge in [0, 0.05) is 23.7 Å². The van der Waals surface area contributed by atoms with Gasteiger partial charge in [0.1, 0.15) is 52.6 Å². The summed E-state index contributed by atoms with van der Waals surface area (Å²) in [5.41, 5.74) is 8.14. The molecule has 0 spiro atoms. The fourth-order valence-corrected chi connectivity index (χ4v) is 6.89. The number of alkyl halides is 4. The number of halogens is 7. The minimum Gasteiger partial charge on any atom is -0.475 e. The molecule has 18 heteroatoms. The number of hydrogen-bond donors (Lipinski definition) is 2. The van der Waals surface area contributed by atoms with Gasteiger partial charge >= 0.3 is 12.2 Å². The molecular formula is C31H32ClF6N9O2. The van der Waals surface area contributed by atoms with Crippen molar-refractivity contribution in [3.8, 4) is 23.1 Å². The predicted molar refractivity (Wildman–Crippen MR) is 170 cm³/mol. The van der Waals surface area contributed by atoms with Crippen LogP contribution in [0.25, 0.3) is 22.2 Å². The van der Waals surface area contributed by atoms with Gasteiger partial charge in [-0.05, 0) is 45.7 Å². The number of nitrogens with two attached hydrogens (primary N) is 2. The van der Waals surface area contributed by atoms with E-state index in [1.165, 1.54) is 26.0 Å². The Kier molecular flexibility index (Phi) is 9.25. The number of nitrogen functional groups attached to an aromatic ring is 2. The largest absolute Gasteiger partial charge is 0.475 e. The van der Waals surface area contributed by atoms with Gasteiger partial charge in [-0.3, -0.25) is 4.90 Å². The number of nitrogens with zero attached hydrogens (tertiary/aromatic N) is 7. The van der Waals surface area contributed by atoms with Gasteiger partial charge in [-0.2, -0.15) is 23.1 Å². The van der Waals surface area contributed by atoms with Crippen LogP contribution >= 0.6 is 11.6 Å². The van der Waals surface area contributed by atoms with Crippen LogP contribution in [0, 0.1) is 18.6 Å². The molecule has 7 rings (SSSR count). The Bertz CT molecular complexity index is 1900. The lowest BCUT2D eigenvalue weighted by molar-refractivity contribution is -0.137. The van der Waals surface area contributed by atoms with E-state index in [9.17, 15) is 22.0 Å². The second-order valence-electron chi connectivity index (χ2n) is 12.0. The van der Waals surface area contributed by atoms with Gasteiger partial charge in [0.25, 0.3) is 0 Å². The number of methoxy groups -OCH3 is 1. The van der Waals surface area contributed by atoms with Crippen LogP contribution in [-0.2, 0) is 6.18 Å². The highest BCUT2D eigenvalue weighted by molar-refractivity contribution is 6.35. The molecule has 3 atom stereocenters. The Morgan fingerprint density at radius 1 is 1.10 bits per heavy atom. The van der Waals surface area contributed by atoms with Crippen molar-refractivity contribution in [3.63, 3.8) is 0 Å². The Morgan fingerprint density at radius 2 is 1.86 bits per heavy atom. The van der Waals surface area contributed by atoms with E-state index < -0.39 is 68.9 Å². The molecule has 3 aliphatic rings. The summed E-state index contributed by atoms with van der Waals surface area (Å²) < 4.78 is 96.3. The third-order valence-electron chi connectivity index (χ3n) is 8.90. The van der Waals surface area contributed by atoms with E-state index in [1.807, 2.05) is 0 Å². The highest BCUT2D eigenvalue weighted by Crippen LogP contribution is 2.47. The highest BCUT2D eigenvalue weighted by atomic mass is 35.5. The van der Waals surface area contributed by atoms with Crippen molar-refractivity contribution in [2.75, 3.05) is 49.7 Å². The maximum atomic E-state index is 16.3. The van der Waals surface area contributed by atoms with Gasteiger partial charge in [0.05, 0.1) is 42.2 Å². The summed E-state index contributed by atoms with van der Waals surface area (Å²) in [6, 6.07) is 0.840. The van der Waals surface area contributed by atoms with Gasteiger partial charge in [0.2, 0.25) is 5.88 Å². The average Bonchev–Trinajstić information content (AvgIpc) is 3.57. The summed E-state index contributed by atoms with van der Waals surface area (Å²) >= 11 is 6.18. The van der Waals surface area contributed by atoms with Crippen LogP contribution in [0.15, 0.2) is 12.3 Å². The topological polar surface area (TPSA) is 141 Å². The molecule has 3 unspecified atom stereocenters. The summed E-state index contributed by atoms with van der Waals surface area (Å²) in [7, 11) is 1.23. The van der Waals surface area contributed by atoms with Gasteiger partial charge in [0.15, 0.2) is 5.82 Å². The Hall–Kier alpha value is -4.38. The van der Waals surface area contributed by atoms with Gasteiger partial charge in [-0.1, -0.05) is 11.6 Å². The number of aryl methyl sites for hydroxylation is 1. The van der Waals surface area contributed by atoms with Crippen molar-refractivity contribution in [2.45, 2.75) is 57.5 Å². The quantitative estimate of drug-likeness (QED) is 0.239.